The van der Waals surface area contributed by atoms with Crippen LogP contribution in [-0.4, -0.2) is 14.9 Å². The van der Waals surface area contributed by atoms with E-state index in [1.807, 2.05) is 0 Å². The summed E-state index contributed by atoms with van der Waals surface area (Å²) >= 11 is 0. The number of nitro groups is 1. The molecule has 0 saturated heterocycles. The van der Waals surface area contributed by atoms with Gasteiger partial charge in [-0.15, -0.1) is 0 Å². The van der Waals surface area contributed by atoms with Crippen LogP contribution in [0.3, 0.4) is 0 Å². The lowest BCUT2D eigenvalue weighted by atomic mass is 10.4. The van der Waals surface area contributed by atoms with Crippen LogP contribution in [0.25, 0.3) is 6.08 Å². The Morgan fingerprint density at radius 2 is 2.45 bits per heavy atom. The van der Waals surface area contributed by atoms with Gasteiger partial charge in [0.25, 0.3) is 0 Å². The first-order valence-electron chi connectivity index (χ1n) is 2.87. The van der Waals surface area contributed by atoms with Gasteiger partial charge in [-0.1, -0.05) is 0 Å². The van der Waals surface area contributed by atoms with Crippen molar-refractivity contribution in [2.24, 2.45) is 0 Å². The third-order valence-corrected chi connectivity index (χ3v) is 0.972. The molecule has 0 amide bonds. The van der Waals surface area contributed by atoms with Crippen molar-refractivity contribution < 1.29 is 4.92 Å². The van der Waals surface area contributed by atoms with Crippen LogP contribution in [0, 0.1) is 10.1 Å². The van der Waals surface area contributed by atoms with E-state index < -0.39 is 4.92 Å². The molecule has 1 aromatic rings. The lowest BCUT2D eigenvalue weighted by Gasteiger charge is -1.85. The van der Waals surface area contributed by atoms with Gasteiger partial charge in [0.2, 0.25) is 6.20 Å². The normalized spacial score (nSPS) is 10.2. The monoisotopic (exact) mass is 151 g/mol. The van der Waals surface area contributed by atoms with Crippen LogP contribution in [0.15, 0.2) is 24.8 Å². The summed E-state index contributed by atoms with van der Waals surface area (Å²) in [5.41, 5.74) is 0.525. The molecule has 1 aromatic heterocycles. The summed E-state index contributed by atoms with van der Waals surface area (Å²) in [5, 5.41) is 9.85. The molecule has 0 atom stereocenters. The first-order valence-corrected chi connectivity index (χ1v) is 2.87. The molecule has 56 valence electrons. The third-order valence-electron chi connectivity index (χ3n) is 0.972. The zero-order chi connectivity index (χ0) is 8.10. The Labute approximate surface area is 62.6 Å². The molecule has 0 aliphatic heterocycles. The molecule has 5 nitrogen and oxygen atoms in total. The zero-order valence-electron chi connectivity index (χ0n) is 5.54. The van der Waals surface area contributed by atoms with E-state index in [9.17, 15) is 10.1 Å². The van der Waals surface area contributed by atoms with Gasteiger partial charge in [-0.3, -0.25) is 10.1 Å². The Kier molecular flexibility index (Phi) is 2.27. The second-order valence-electron chi connectivity index (χ2n) is 1.74. The Balaban J connectivity index is 2.72. The lowest BCUT2D eigenvalue weighted by molar-refractivity contribution is -0.401. The van der Waals surface area contributed by atoms with Crippen LogP contribution in [0.2, 0.25) is 0 Å². The minimum atomic E-state index is -0.540. The second kappa shape index (κ2) is 3.40. The van der Waals surface area contributed by atoms with Crippen molar-refractivity contribution in [3.63, 3.8) is 0 Å². The predicted molar refractivity (Wildman–Crippen MR) is 38.1 cm³/mol. The van der Waals surface area contributed by atoms with Crippen molar-refractivity contribution in [2.75, 3.05) is 0 Å². The summed E-state index contributed by atoms with van der Waals surface area (Å²) in [6.07, 6.45) is 5.00. The molecule has 0 aliphatic rings. The maximum Gasteiger partial charge on any atom is 0.236 e. The van der Waals surface area contributed by atoms with Crippen LogP contribution in [0.5, 0.6) is 0 Å². The minimum Gasteiger partial charge on any atom is -0.259 e. The Hall–Kier alpha value is -1.78. The van der Waals surface area contributed by atoms with Gasteiger partial charge >= 0.3 is 0 Å². The SMILES string of the molecule is O=[N+]([O-])/C=C/c1ccncn1. The quantitative estimate of drug-likeness (QED) is 0.461. The van der Waals surface area contributed by atoms with E-state index in [2.05, 4.69) is 9.97 Å². The molecule has 0 spiro atoms. The fourth-order valence-corrected chi connectivity index (χ4v) is 0.537. The highest BCUT2D eigenvalue weighted by Gasteiger charge is 1.88. The third kappa shape index (κ3) is 2.53. The molecule has 11 heavy (non-hydrogen) atoms. The highest BCUT2D eigenvalue weighted by Crippen LogP contribution is 1.93. The van der Waals surface area contributed by atoms with Crippen molar-refractivity contribution in [1.82, 2.24) is 9.97 Å². The van der Waals surface area contributed by atoms with Gasteiger partial charge in [0, 0.05) is 12.3 Å². The van der Waals surface area contributed by atoms with E-state index in [0.717, 1.165) is 6.20 Å². The van der Waals surface area contributed by atoms with Crippen LogP contribution in [-0.2, 0) is 0 Å². The smallest absolute Gasteiger partial charge is 0.236 e. The van der Waals surface area contributed by atoms with Gasteiger partial charge < -0.3 is 0 Å². The summed E-state index contributed by atoms with van der Waals surface area (Å²) in [6, 6.07) is 1.58. The molecule has 1 heterocycles. The number of hydrogen-bond donors (Lipinski definition) is 0. The highest BCUT2D eigenvalue weighted by molar-refractivity contribution is 5.41. The van der Waals surface area contributed by atoms with E-state index in [1.54, 1.807) is 6.07 Å². The highest BCUT2D eigenvalue weighted by atomic mass is 16.6. The first kappa shape index (κ1) is 7.33. The summed E-state index contributed by atoms with van der Waals surface area (Å²) in [6.45, 7) is 0. The average Bonchev–Trinajstić information content (AvgIpc) is 2.03. The molecule has 0 radical (unpaired) electrons. The second-order valence-corrected chi connectivity index (χ2v) is 1.74. The van der Waals surface area contributed by atoms with Gasteiger partial charge in [-0.2, -0.15) is 0 Å². The van der Waals surface area contributed by atoms with Crippen molar-refractivity contribution in [3.05, 3.63) is 40.6 Å². The molecular weight excluding hydrogens is 146 g/mol. The lowest BCUT2D eigenvalue weighted by Crippen LogP contribution is -1.84. The molecule has 0 fully saturated rings. The van der Waals surface area contributed by atoms with Crippen LogP contribution < -0.4 is 0 Å². The Morgan fingerprint density at radius 3 is 3.00 bits per heavy atom. The van der Waals surface area contributed by atoms with E-state index >= 15 is 0 Å². The first-order chi connectivity index (χ1) is 5.29. The molecular formula is C6H5N3O2. The zero-order valence-corrected chi connectivity index (χ0v) is 5.54. The minimum absolute atomic E-state index is 0.525. The number of nitrogens with zero attached hydrogens (tertiary/aromatic N) is 3. The van der Waals surface area contributed by atoms with E-state index in [0.29, 0.717) is 5.69 Å². The molecule has 0 unspecified atom stereocenters. The number of aromatic nitrogens is 2. The standard InChI is InChI=1S/C6H5N3O2/c10-9(11)4-2-6-1-3-7-5-8-6/h1-5H/b4-2+. The molecule has 5 heteroatoms. The van der Waals surface area contributed by atoms with Gasteiger partial charge in [0.1, 0.15) is 6.33 Å². The maximum absolute atomic E-state index is 9.85. The molecule has 0 aliphatic carbocycles. The predicted octanol–water partition coefficient (Wildman–Crippen LogP) is 0.724. The fourth-order valence-electron chi connectivity index (χ4n) is 0.537. The number of rotatable bonds is 2. The van der Waals surface area contributed by atoms with Gasteiger partial charge in [0.15, 0.2) is 0 Å². The molecule has 0 saturated carbocycles. The summed E-state index contributed by atoms with van der Waals surface area (Å²) in [4.78, 5) is 16.7. The van der Waals surface area contributed by atoms with Crippen LogP contribution >= 0.6 is 0 Å². The summed E-state index contributed by atoms with van der Waals surface area (Å²) in [7, 11) is 0. The summed E-state index contributed by atoms with van der Waals surface area (Å²) < 4.78 is 0. The van der Waals surface area contributed by atoms with Gasteiger partial charge in [0.05, 0.1) is 10.6 Å². The molecule has 0 bridgehead atoms. The van der Waals surface area contributed by atoms with E-state index in [-0.39, 0.29) is 0 Å². The van der Waals surface area contributed by atoms with Gasteiger partial charge in [-0.25, -0.2) is 9.97 Å². The van der Waals surface area contributed by atoms with E-state index in [4.69, 9.17) is 0 Å². The van der Waals surface area contributed by atoms with Crippen molar-refractivity contribution >= 4 is 6.08 Å². The van der Waals surface area contributed by atoms with Gasteiger partial charge in [-0.05, 0) is 6.07 Å². The Bertz CT molecular complexity index is 270. The topological polar surface area (TPSA) is 68.9 Å². The molecule has 0 aromatic carbocycles. The average molecular weight is 151 g/mol. The van der Waals surface area contributed by atoms with Crippen LogP contribution in [0.4, 0.5) is 0 Å². The van der Waals surface area contributed by atoms with Crippen molar-refractivity contribution in [1.29, 1.82) is 0 Å². The van der Waals surface area contributed by atoms with Crippen molar-refractivity contribution in [3.8, 4) is 0 Å². The number of hydrogen-bond acceptors (Lipinski definition) is 4. The maximum atomic E-state index is 9.85. The molecule has 1 rings (SSSR count). The van der Waals surface area contributed by atoms with Crippen LogP contribution in [0.1, 0.15) is 5.69 Å². The largest absolute Gasteiger partial charge is 0.259 e. The fraction of sp³-hybridized carbons (Fsp3) is 0. The Morgan fingerprint density at radius 1 is 1.64 bits per heavy atom. The molecule has 0 N–H and O–H groups in total. The van der Waals surface area contributed by atoms with E-state index in [1.165, 1.54) is 18.6 Å². The van der Waals surface area contributed by atoms with Crippen molar-refractivity contribution in [2.45, 2.75) is 0 Å². The summed E-state index contributed by atoms with van der Waals surface area (Å²) in [5.74, 6) is 0.